The number of aryl methyl sites for hydroxylation is 2. The predicted molar refractivity (Wildman–Crippen MR) is 71.5 cm³/mol. The maximum Gasteiger partial charge on any atom is 0.220 e. The van der Waals surface area contributed by atoms with Gasteiger partial charge in [-0.3, -0.25) is 4.79 Å². The number of nitrogens with one attached hydrogen (secondary N) is 2. The molecule has 0 aliphatic heterocycles. The number of aromatic nitrogens is 1. The van der Waals surface area contributed by atoms with Gasteiger partial charge in [0.2, 0.25) is 5.91 Å². The Morgan fingerprint density at radius 2 is 2.12 bits per heavy atom. The zero-order valence-corrected chi connectivity index (χ0v) is 11.6. The Kier molecular flexibility index (Phi) is 6.15. The highest BCUT2D eigenvalue weighted by Gasteiger charge is 2.05. The van der Waals surface area contributed by atoms with Crippen LogP contribution in [0, 0.1) is 13.8 Å². The fraction of sp³-hybridized carbons (Fsp3) is 0.667. The number of nitrogens with zero attached hydrogens (tertiary/aromatic N) is 1. The van der Waals surface area contributed by atoms with Crippen LogP contribution in [0.1, 0.15) is 28.4 Å². The van der Waals surface area contributed by atoms with Gasteiger partial charge in [0.1, 0.15) is 0 Å². The summed E-state index contributed by atoms with van der Waals surface area (Å²) >= 11 is 1.72. The van der Waals surface area contributed by atoms with Crippen molar-refractivity contribution in [1.82, 2.24) is 15.6 Å². The van der Waals surface area contributed by atoms with Crippen molar-refractivity contribution in [3.63, 3.8) is 0 Å². The number of thiazole rings is 1. The molecule has 1 heterocycles. The minimum Gasteiger partial charge on any atom is -0.356 e. The molecule has 0 aliphatic carbocycles. The van der Waals surface area contributed by atoms with Crippen molar-refractivity contribution < 1.29 is 4.79 Å². The lowest BCUT2D eigenvalue weighted by Crippen LogP contribution is -2.26. The van der Waals surface area contributed by atoms with Gasteiger partial charge in [-0.15, -0.1) is 11.3 Å². The van der Waals surface area contributed by atoms with E-state index in [1.165, 1.54) is 4.88 Å². The molecule has 0 fully saturated rings. The highest BCUT2D eigenvalue weighted by Crippen LogP contribution is 2.16. The van der Waals surface area contributed by atoms with E-state index in [2.05, 4.69) is 15.6 Å². The van der Waals surface area contributed by atoms with E-state index >= 15 is 0 Å². The van der Waals surface area contributed by atoms with Crippen LogP contribution in [0.4, 0.5) is 0 Å². The quantitative estimate of drug-likeness (QED) is 0.725. The summed E-state index contributed by atoms with van der Waals surface area (Å²) in [7, 11) is 1.90. The van der Waals surface area contributed by atoms with E-state index in [1.807, 2.05) is 20.9 Å². The summed E-state index contributed by atoms with van der Waals surface area (Å²) in [4.78, 5) is 17.1. The summed E-state index contributed by atoms with van der Waals surface area (Å²) in [5.74, 6) is 0.138. The summed E-state index contributed by atoms with van der Waals surface area (Å²) in [6.45, 7) is 5.63. The molecule has 1 amide bonds. The Morgan fingerprint density at radius 3 is 2.71 bits per heavy atom. The molecule has 4 nitrogen and oxygen atoms in total. The molecule has 5 heteroatoms. The van der Waals surface area contributed by atoms with Crippen LogP contribution in [0.15, 0.2) is 0 Å². The molecule has 0 saturated heterocycles. The number of carbonyl (C=O) groups is 1. The lowest BCUT2D eigenvalue weighted by atomic mass is 10.2. The summed E-state index contributed by atoms with van der Waals surface area (Å²) in [5, 5.41) is 7.06. The molecule has 0 spiro atoms. The van der Waals surface area contributed by atoms with E-state index in [-0.39, 0.29) is 5.91 Å². The van der Waals surface area contributed by atoms with Gasteiger partial charge in [0.15, 0.2) is 0 Å². The molecule has 1 rings (SSSR count). The first-order valence-corrected chi connectivity index (χ1v) is 6.79. The second-order valence-electron chi connectivity index (χ2n) is 4.05. The Labute approximate surface area is 107 Å². The maximum atomic E-state index is 11.4. The van der Waals surface area contributed by atoms with Crippen LogP contribution in [-0.4, -0.2) is 31.0 Å². The largest absolute Gasteiger partial charge is 0.356 e. The van der Waals surface area contributed by atoms with E-state index in [9.17, 15) is 4.79 Å². The van der Waals surface area contributed by atoms with Gasteiger partial charge in [-0.05, 0) is 33.9 Å². The fourth-order valence-corrected chi connectivity index (χ4v) is 2.57. The molecule has 0 radical (unpaired) electrons. The van der Waals surface area contributed by atoms with Crippen molar-refractivity contribution in [2.75, 3.05) is 20.1 Å². The average molecular weight is 255 g/mol. The van der Waals surface area contributed by atoms with Crippen LogP contribution in [0.2, 0.25) is 0 Å². The normalized spacial score (nSPS) is 10.5. The Bertz CT molecular complexity index is 363. The topological polar surface area (TPSA) is 54.0 Å². The first-order valence-electron chi connectivity index (χ1n) is 5.97. The van der Waals surface area contributed by atoms with Crippen LogP contribution in [0.25, 0.3) is 0 Å². The fourth-order valence-electron chi connectivity index (χ4n) is 1.63. The van der Waals surface area contributed by atoms with Crippen LogP contribution in [0.5, 0.6) is 0 Å². The number of hydrogen-bond acceptors (Lipinski definition) is 4. The molecular weight excluding hydrogens is 234 g/mol. The highest BCUT2D eigenvalue weighted by molar-refractivity contribution is 7.11. The monoisotopic (exact) mass is 255 g/mol. The first-order chi connectivity index (χ1) is 8.13. The number of rotatable bonds is 7. The molecule has 0 saturated carbocycles. The zero-order chi connectivity index (χ0) is 12.7. The summed E-state index contributed by atoms with van der Waals surface area (Å²) < 4.78 is 0. The van der Waals surface area contributed by atoms with Gasteiger partial charge in [0, 0.05) is 24.3 Å². The third-order valence-corrected chi connectivity index (χ3v) is 3.64. The number of amides is 1. The van der Waals surface area contributed by atoms with E-state index in [0.717, 1.165) is 30.1 Å². The molecule has 0 atom stereocenters. The van der Waals surface area contributed by atoms with Gasteiger partial charge in [-0.2, -0.15) is 0 Å². The van der Waals surface area contributed by atoms with Crippen LogP contribution in [0.3, 0.4) is 0 Å². The minimum absolute atomic E-state index is 0.138. The van der Waals surface area contributed by atoms with Gasteiger partial charge in [0.25, 0.3) is 0 Å². The van der Waals surface area contributed by atoms with Gasteiger partial charge in [0.05, 0.1) is 10.7 Å². The van der Waals surface area contributed by atoms with Crippen LogP contribution < -0.4 is 10.6 Å². The Balaban J connectivity index is 2.19. The zero-order valence-electron chi connectivity index (χ0n) is 10.8. The van der Waals surface area contributed by atoms with E-state index in [1.54, 1.807) is 11.3 Å². The van der Waals surface area contributed by atoms with Gasteiger partial charge < -0.3 is 10.6 Å². The first kappa shape index (κ1) is 14.1. The summed E-state index contributed by atoms with van der Waals surface area (Å²) in [6.07, 6.45) is 2.37. The summed E-state index contributed by atoms with van der Waals surface area (Å²) in [5.41, 5.74) is 1.09. The summed E-state index contributed by atoms with van der Waals surface area (Å²) in [6, 6.07) is 0. The van der Waals surface area contributed by atoms with E-state index in [0.29, 0.717) is 13.0 Å². The lowest BCUT2D eigenvalue weighted by Gasteiger charge is -2.04. The van der Waals surface area contributed by atoms with Gasteiger partial charge in [-0.25, -0.2) is 4.98 Å². The van der Waals surface area contributed by atoms with E-state index in [4.69, 9.17) is 0 Å². The Morgan fingerprint density at radius 1 is 1.35 bits per heavy atom. The second-order valence-corrected chi connectivity index (χ2v) is 5.34. The number of carbonyl (C=O) groups excluding carboxylic acids is 1. The highest BCUT2D eigenvalue weighted by atomic mass is 32.1. The van der Waals surface area contributed by atoms with Crippen molar-refractivity contribution in [3.05, 3.63) is 15.6 Å². The SMILES string of the molecule is CNCCCC(=O)NCCc1sc(C)nc1C. The Hall–Kier alpha value is -0.940. The molecular formula is C12H21N3OS. The molecule has 0 aromatic carbocycles. The lowest BCUT2D eigenvalue weighted by molar-refractivity contribution is -0.121. The van der Waals surface area contributed by atoms with Gasteiger partial charge in [-0.1, -0.05) is 0 Å². The number of hydrogen-bond donors (Lipinski definition) is 2. The third kappa shape index (κ3) is 5.28. The molecule has 0 aliphatic rings. The molecule has 0 unspecified atom stereocenters. The van der Waals surface area contributed by atoms with Crippen LogP contribution >= 0.6 is 11.3 Å². The van der Waals surface area contributed by atoms with Crippen molar-refractivity contribution >= 4 is 17.2 Å². The van der Waals surface area contributed by atoms with Crippen LogP contribution in [-0.2, 0) is 11.2 Å². The van der Waals surface area contributed by atoms with Crippen molar-refractivity contribution in [2.24, 2.45) is 0 Å². The minimum atomic E-state index is 0.138. The molecule has 96 valence electrons. The average Bonchev–Trinajstić information content (AvgIpc) is 2.58. The van der Waals surface area contributed by atoms with Crippen molar-refractivity contribution in [3.8, 4) is 0 Å². The third-order valence-electron chi connectivity index (χ3n) is 2.50. The second kappa shape index (κ2) is 7.40. The van der Waals surface area contributed by atoms with E-state index < -0.39 is 0 Å². The van der Waals surface area contributed by atoms with Crippen molar-refractivity contribution in [1.29, 1.82) is 0 Å². The standard InChI is InChI=1S/C12H21N3OS/c1-9-11(17-10(2)15-9)6-8-14-12(16)5-4-7-13-3/h13H,4-8H2,1-3H3,(H,14,16). The molecule has 2 N–H and O–H groups in total. The smallest absolute Gasteiger partial charge is 0.220 e. The van der Waals surface area contributed by atoms with Crippen molar-refractivity contribution in [2.45, 2.75) is 33.1 Å². The van der Waals surface area contributed by atoms with Gasteiger partial charge >= 0.3 is 0 Å². The molecule has 17 heavy (non-hydrogen) atoms. The molecule has 1 aromatic heterocycles. The molecule has 1 aromatic rings. The molecule has 0 bridgehead atoms. The predicted octanol–water partition coefficient (Wildman–Crippen LogP) is 1.42. The maximum absolute atomic E-state index is 11.4.